The molecule has 0 radical (unpaired) electrons. The highest BCUT2D eigenvalue weighted by atomic mass is 35.5. The van der Waals surface area contributed by atoms with Crippen molar-refractivity contribution in [3.05, 3.63) is 33.8 Å². The molecule has 1 N–H and O–H groups in total. The normalized spacial score (nSPS) is 31.0. The quantitative estimate of drug-likeness (QED) is 0.622. The van der Waals surface area contributed by atoms with Crippen molar-refractivity contribution < 1.29 is 4.79 Å². The van der Waals surface area contributed by atoms with E-state index in [4.69, 9.17) is 23.2 Å². The fourth-order valence-corrected chi connectivity index (χ4v) is 9.59. The molecule has 26 heavy (non-hydrogen) atoms. The predicted octanol–water partition coefficient (Wildman–Crippen LogP) is 6.17. The van der Waals surface area contributed by atoms with Crippen molar-refractivity contribution in [2.75, 3.05) is 11.5 Å². The molecule has 1 amide bonds. The molecule has 3 aliphatic rings. The van der Waals surface area contributed by atoms with Crippen molar-refractivity contribution in [1.29, 1.82) is 0 Å². The zero-order valence-corrected chi connectivity index (χ0v) is 18.1. The number of rotatable bonds is 3. The number of carbonyl (C=O) groups excluding carboxylic acids is 1. The third-order valence-corrected chi connectivity index (χ3v) is 10.9. The second-order valence-electron chi connectivity index (χ2n) is 7.81. The molecule has 3 fully saturated rings. The molecule has 1 aliphatic heterocycles. The van der Waals surface area contributed by atoms with Gasteiger partial charge in [-0.15, -0.1) is 23.5 Å². The summed E-state index contributed by atoms with van der Waals surface area (Å²) in [6.07, 6.45) is 6.01. The summed E-state index contributed by atoms with van der Waals surface area (Å²) in [6.45, 7) is 2.00. The first-order chi connectivity index (χ1) is 12.5. The highest BCUT2D eigenvalue weighted by Crippen LogP contribution is 2.64. The Morgan fingerprint density at radius 3 is 2.46 bits per heavy atom. The molecular formula is C20H25Cl2NOS2. The lowest BCUT2D eigenvalue weighted by Crippen LogP contribution is -2.49. The van der Waals surface area contributed by atoms with Gasteiger partial charge < -0.3 is 5.32 Å². The highest BCUT2D eigenvalue weighted by Gasteiger charge is 2.55. The van der Waals surface area contributed by atoms with Gasteiger partial charge in [-0.1, -0.05) is 35.7 Å². The van der Waals surface area contributed by atoms with Gasteiger partial charge in [-0.05, 0) is 62.1 Å². The molecular weight excluding hydrogens is 405 g/mol. The molecule has 1 aromatic rings. The number of carbonyl (C=O) groups is 1. The number of hydrogen-bond acceptors (Lipinski definition) is 3. The third-order valence-electron chi connectivity index (χ3n) is 6.28. The van der Waals surface area contributed by atoms with Gasteiger partial charge in [0.05, 0.1) is 10.1 Å². The van der Waals surface area contributed by atoms with Crippen LogP contribution >= 0.6 is 46.7 Å². The maximum Gasteiger partial charge on any atom is 0.223 e. The zero-order valence-electron chi connectivity index (χ0n) is 15.0. The van der Waals surface area contributed by atoms with Crippen LogP contribution in [0.2, 0.25) is 10.0 Å². The second-order valence-corrected chi connectivity index (χ2v) is 11.7. The molecule has 2 nitrogen and oxygen atoms in total. The first-order valence-electron chi connectivity index (χ1n) is 9.53. The van der Waals surface area contributed by atoms with E-state index in [1.807, 2.05) is 19.1 Å². The summed E-state index contributed by atoms with van der Waals surface area (Å²) in [6, 6.07) is 5.38. The molecule has 1 aromatic carbocycles. The van der Waals surface area contributed by atoms with Gasteiger partial charge in [0, 0.05) is 27.5 Å². The Morgan fingerprint density at radius 2 is 1.85 bits per heavy atom. The Hall–Kier alpha value is -0.0300. The Morgan fingerprint density at radius 1 is 1.19 bits per heavy atom. The number of benzene rings is 1. The van der Waals surface area contributed by atoms with E-state index in [-0.39, 0.29) is 17.9 Å². The molecule has 3 unspecified atom stereocenters. The Balaban J connectivity index is 1.44. The SMILES string of the molecule is CC(NC(=O)C1CC2CCCC(C1)C21SCCS1)c1ccc(Cl)cc1Cl. The Bertz CT molecular complexity index is 676. The van der Waals surface area contributed by atoms with E-state index in [1.165, 1.54) is 30.8 Å². The van der Waals surface area contributed by atoms with Crippen LogP contribution in [0, 0.1) is 17.8 Å². The van der Waals surface area contributed by atoms with Crippen LogP contribution in [0.25, 0.3) is 0 Å². The summed E-state index contributed by atoms with van der Waals surface area (Å²) in [4.78, 5) is 13.0. The number of hydrogen-bond donors (Lipinski definition) is 1. The Labute approximate surface area is 174 Å². The van der Waals surface area contributed by atoms with E-state index in [0.29, 0.717) is 26.0 Å². The highest BCUT2D eigenvalue weighted by molar-refractivity contribution is 8.21. The molecule has 3 atom stereocenters. The summed E-state index contributed by atoms with van der Waals surface area (Å²) in [7, 11) is 0. The topological polar surface area (TPSA) is 29.1 Å². The van der Waals surface area contributed by atoms with Crippen molar-refractivity contribution in [1.82, 2.24) is 5.32 Å². The average molecular weight is 430 g/mol. The van der Waals surface area contributed by atoms with Gasteiger partial charge in [0.1, 0.15) is 0 Å². The zero-order chi connectivity index (χ0) is 18.3. The van der Waals surface area contributed by atoms with E-state index in [2.05, 4.69) is 28.8 Å². The van der Waals surface area contributed by atoms with Gasteiger partial charge >= 0.3 is 0 Å². The van der Waals surface area contributed by atoms with Crippen LogP contribution in [-0.2, 0) is 4.79 Å². The van der Waals surface area contributed by atoms with Crippen molar-refractivity contribution in [3.8, 4) is 0 Å². The summed E-state index contributed by atoms with van der Waals surface area (Å²) in [5, 5.41) is 4.45. The minimum atomic E-state index is -0.0989. The molecule has 0 aromatic heterocycles. The minimum absolute atomic E-state index is 0.0989. The molecule has 1 heterocycles. The van der Waals surface area contributed by atoms with Crippen LogP contribution in [0.1, 0.15) is 50.6 Å². The van der Waals surface area contributed by atoms with Crippen LogP contribution in [0.4, 0.5) is 0 Å². The summed E-state index contributed by atoms with van der Waals surface area (Å²) < 4.78 is 0.417. The minimum Gasteiger partial charge on any atom is -0.349 e. The maximum atomic E-state index is 13.0. The van der Waals surface area contributed by atoms with E-state index in [0.717, 1.165) is 18.4 Å². The number of thioether (sulfide) groups is 2. The van der Waals surface area contributed by atoms with Crippen molar-refractivity contribution >= 4 is 52.6 Å². The van der Waals surface area contributed by atoms with Crippen molar-refractivity contribution in [3.63, 3.8) is 0 Å². The number of amides is 1. The standard InChI is InChI=1S/C20H25Cl2NOS2/c1-12(17-6-5-16(21)11-18(17)22)23-19(24)13-9-14-3-2-4-15(10-13)20(14)25-7-8-26-20/h5-6,11-15H,2-4,7-10H2,1H3,(H,23,24). The van der Waals surface area contributed by atoms with Gasteiger partial charge in [-0.2, -0.15) is 0 Å². The second kappa shape index (κ2) is 7.77. The smallest absolute Gasteiger partial charge is 0.223 e. The summed E-state index contributed by atoms with van der Waals surface area (Å²) >= 11 is 16.7. The van der Waals surface area contributed by atoms with Crippen LogP contribution in [0.15, 0.2) is 18.2 Å². The number of nitrogens with one attached hydrogen (secondary N) is 1. The van der Waals surface area contributed by atoms with Gasteiger partial charge in [-0.25, -0.2) is 0 Å². The fraction of sp³-hybridized carbons (Fsp3) is 0.650. The first-order valence-corrected chi connectivity index (χ1v) is 12.3. The lowest BCUT2D eigenvalue weighted by Gasteiger charge is -2.52. The maximum absolute atomic E-state index is 13.0. The summed E-state index contributed by atoms with van der Waals surface area (Å²) in [5.41, 5.74) is 0.929. The first kappa shape index (κ1) is 19.3. The van der Waals surface area contributed by atoms with Crippen molar-refractivity contribution in [2.45, 2.75) is 49.1 Å². The molecule has 2 saturated carbocycles. The van der Waals surface area contributed by atoms with Crippen LogP contribution in [-0.4, -0.2) is 21.5 Å². The van der Waals surface area contributed by atoms with E-state index >= 15 is 0 Å². The van der Waals surface area contributed by atoms with Gasteiger partial charge in [0.2, 0.25) is 5.91 Å². The van der Waals surface area contributed by atoms with Crippen LogP contribution in [0.3, 0.4) is 0 Å². The van der Waals surface area contributed by atoms with Gasteiger partial charge in [0.15, 0.2) is 0 Å². The molecule has 1 spiro atoms. The van der Waals surface area contributed by atoms with Crippen LogP contribution < -0.4 is 5.32 Å². The third kappa shape index (κ3) is 3.52. The molecule has 6 heteroatoms. The van der Waals surface area contributed by atoms with E-state index in [1.54, 1.807) is 6.07 Å². The average Bonchev–Trinajstić information content (AvgIpc) is 3.03. The van der Waals surface area contributed by atoms with E-state index in [9.17, 15) is 4.79 Å². The largest absolute Gasteiger partial charge is 0.349 e. The molecule has 1 saturated heterocycles. The fourth-order valence-electron chi connectivity index (χ4n) is 5.08. The number of halogens is 2. The van der Waals surface area contributed by atoms with E-state index < -0.39 is 0 Å². The predicted molar refractivity (Wildman–Crippen MR) is 114 cm³/mol. The molecule has 2 aliphatic carbocycles. The Kier molecular flexibility index (Phi) is 5.77. The van der Waals surface area contributed by atoms with Crippen molar-refractivity contribution in [2.24, 2.45) is 17.8 Å². The monoisotopic (exact) mass is 429 g/mol. The van der Waals surface area contributed by atoms with Gasteiger partial charge in [-0.3, -0.25) is 4.79 Å². The molecule has 142 valence electrons. The summed E-state index contributed by atoms with van der Waals surface area (Å²) in [5.74, 6) is 4.28. The molecule has 2 bridgehead atoms. The lowest BCUT2D eigenvalue weighted by molar-refractivity contribution is -0.128. The molecule has 4 rings (SSSR count). The lowest BCUT2D eigenvalue weighted by atomic mass is 9.67. The van der Waals surface area contributed by atoms with Gasteiger partial charge in [0.25, 0.3) is 0 Å². The van der Waals surface area contributed by atoms with Crippen LogP contribution in [0.5, 0.6) is 0 Å².